The van der Waals surface area contributed by atoms with Crippen LogP contribution in [0.25, 0.3) is 0 Å². The van der Waals surface area contributed by atoms with Gasteiger partial charge < -0.3 is 5.73 Å². The molecule has 76 valence electrons. The Labute approximate surface area is 92.3 Å². The van der Waals surface area contributed by atoms with Crippen LogP contribution in [0.1, 0.15) is 31.5 Å². The third kappa shape index (κ3) is 1.68. The summed E-state index contributed by atoms with van der Waals surface area (Å²) in [5.41, 5.74) is 5.82. The highest BCUT2D eigenvalue weighted by Gasteiger charge is 2.40. The molecule has 0 unspecified atom stereocenters. The molecule has 0 aliphatic heterocycles. The highest BCUT2D eigenvalue weighted by atomic mass is 79.9. The molecule has 0 aromatic carbocycles. The molecule has 1 aliphatic rings. The molecule has 2 N–H and O–H groups in total. The molecule has 0 atom stereocenters. The fraction of sp³-hybridized carbons (Fsp3) is 0.600. The molecule has 1 heterocycles. The molecule has 1 fully saturated rings. The molecule has 14 heavy (non-hydrogen) atoms. The van der Waals surface area contributed by atoms with E-state index in [0.717, 1.165) is 23.3 Å². The Hall–Kier alpha value is -0.480. The van der Waals surface area contributed by atoms with Gasteiger partial charge in [0.2, 0.25) is 0 Å². The largest absolute Gasteiger partial charge is 0.330 e. The van der Waals surface area contributed by atoms with Crippen LogP contribution in [0, 0.1) is 0 Å². The Morgan fingerprint density at radius 3 is 2.43 bits per heavy atom. The van der Waals surface area contributed by atoms with Crippen LogP contribution in [0.5, 0.6) is 0 Å². The van der Waals surface area contributed by atoms with Gasteiger partial charge in [0, 0.05) is 17.8 Å². The predicted molar refractivity (Wildman–Crippen MR) is 58.9 cm³/mol. The van der Waals surface area contributed by atoms with E-state index in [4.69, 9.17) is 5.73 Å². The second kappa shape index (κ2) is 3.95. The van der Waals surface area contributed by atoms with Crippen LogP contribution in [-0.4, -0.2) is 16.5 Å². The Bertz CT molecular complexity index is 306. The summed E-state index contributed by atoms with van der Waals surface area (Å²) in [5.74, 6) is 0.970. The minimum absolute atomic E-state index is 0.190. The first-order valence-corrected chi connectivity index (χ1v) is 5.74. The maximum atomic E-state index is 5.63. The molecule has 1 aliphatic carbocycles. The van der Waals surface area contributed by atoms with Gasteiger partial charge in [-0.1, -0.05) is 6.42 Å². The lowest BCUT2D eigenvalue weighted by molar-refractivity contribution is 0.215. The van der Waals surface area contributed by atoms with Gasteiger partial charge in [-0.25, -0.2) is 9.97 Å². The van der Waals surface area contributed by atoms with E-state index in [0.29, 0.717) is 0 Å². The van der Waals surface area contributed by atoms with E-state index < -0.39 is 0 Å². The zero-order valence-corrected chi connectivity index (χ0v) is 9.63. The third-order valence-electron chi connectivity index (χ3n) is 3.03. The summed E-state index contributed by atoms with van der Waals surface area (Å²) < 4.78 is 0.934. The molecule has 4 heteroatoms. The Balaban J connectivity index is 2.23. The lowest BCUT2D eigenvalue weighted by Crippen LogP contribution is -2.38. The molecule has 1 aromatic rings. The summed E-state index contributed by atoms with van der Waals surface area (Å²) >= 11 is 3.34. The van der Waals surface area contributed by atoms with Crippen LogP contribution >= 0.6 is 15.9 Å². The molecule has 0 bridgehead atoms. The number of aromatic nitrogens is 2. The average Bonchev–Trinajstić information content (AvgIpc) is 2.13. The van der Waals surface area contributed by atoms with Crippen LogP contribution in [0.3, 0.4) is 0 Å². The number of nitrogens with two attached hydrogens (primary N) is 1. The molecule has 1 saturated carbocycles. The Morgan fingerprint density at radius 2 is 2.00 bits per heavy atom. The quantitative estimate of drug-likeness (QED) is 0.899. The number of hydrogen-bond acceptors (Lipinski definition) is 3. The molecule has 0 spiro atoms. The van der Waals surface area contributed by atoms with Crippen molar-refractivity contribution in [1.82, 2.24) is 9.97 Å². The van der Waals surface area contributed by atoms with E-state index in [2.05, 4.69) is 25.9 Å². The smallest absolute Gasteiger partial charge is 0.134 e. The van der Waals surface area contributed by atoms with Crippen molar-refractivity contribution in [2.75, 3.05) is 6.54 Å². The van der Waals surface area contributed by atoms with E-state index in [1.54, 1.807) is 0 Å². The van der Waals surface area contributed by atoms with Gasteiger partial charge in [0.05, 0.1) is 4.47 Å². The minimum atomic E-state index is 0.190. The van der Waals surface area contributed by atoms with Crippen molar-refractivity contribution in [2.45, 2.75) is 31.1 Å². The van der Waals surface area contributed by atoms with Gasteiger partial charge in [0.25, 0.3) is 0 Å². The fourth-order valence-corrected chi connectivity index (χ4v) is 2.26. The predicted octanol–water partition coefficient (Wildman–Crippen LogP) is 2.01. The zero-order valence-electron chi connectivity index (χ0n) is 8.04. The van der Waals surface area contributed by atoms with Crippen LogP contribution < -0.4 is 5.73 Å². The van der Waals surface area contributed by atoms with Crippen molar-refractivity contribution in [2.24, 2.45) is 5.73 Å². The normalized spacial score (nSPS) is 19.0. The van der Waals surface area contributed by atoms with Gasteiger partial charge in [-0.3, -0.25) is 0 Å². The monoisotopic (exact) mass is 255 g/mol. The number of rotatable bonds is 3. The zero-order chi connectivity index (χ0) is 10.0. The molecular weight excluding hydrogens is 242 g/mol. The Kier molecular flexibility index (Phi) is 2.83. The van der Waals surface area contributed by atoms with Gasteiger partial charge in [-0.2, -0.15) is 0 Å². The van der Waals surface area contributed by atoms with Crippen molar-refractivity contribution in [1.29, 1.82) is 0 Å². The van der Waals surface area contributed by atoms with Crippen LogP contribution in [0.15, 0.2) is 16.9 Å². The summed E-state index contributed by atoms with van der Waals surface area (Å²) in [6, 6.07) is 0. The topological polar surface area (TPSA) is 51.8 Å². The van der Waals surface area contributed by atoms with Gasteiger partial charge in [0.15, 0.2) is 0 Å². The summed E-state index contributed by atoms with van der Waals surface area (Å²) in [7, 11) is 0. The fourth-order valence-electron chi connectivity index (χ4n) is 2.05. The van der Waals surface area contributed by atoms with Gasteiger partial charge in [0.1, 0.15) is 5.82 Å². The summed E-state index contributed by atoms with van der Waals surface area (Å²) in [5, 5.41) is 0. The van der Waals surface area contributed by atoms with Crippen molar-refractivity contribution >= 4 is 15.9 Å². The van der Waals surface area contributed by atoms with Gasteiger partial charge in [-0.15, -0.1) is 0 Å². The molecule has 0 saturated heterocycles. The molecule has 0 amide bonds. The Morgan fingerprint density at radius 1 is 1.36 bits per heavy atom. The van der Waals surface area contributed by atoms with Gasteiger partial charge >= 0.3 is 0 Å². The molecule has 2 rings (SSSR count). The summed E-state index contributed by atoms with van der Waals surface area (Å²) in [6.07, 6.45) is 8.30. The first kappa shape index (κ1) is 10.1. The standard InChI is InChI=1S/C10H14BrN3/c11-8-6-13-9(14-7-8)10(4-5-12)2-1-3-10/h6-7H,1-5,12H2. The van der Waals surface area contributed by atoms with Crippen LogP contribution in [0.4, 0.5) is 0 Å². The third-order valence-corrected chi connectivity index (χ3v) is 3.44. The van der Waals surface area contributed by atoms with Gasteiger partial charge in [-0.05, 0) is 41.7 Å². The number of nitrogens with zero attached hydrogens (tertiary/aromatic N) is 2. The van der Waals surface area contributed by atoms with Crippen LogP contribution in [0.2, 0.25) is 0 Å². The van der Waals surface area contributed by atoms with E-state index in [9.17, 15) is 0 Å². The number of hydrogen-bond donors (Lipinski definition) is 1. The van der Waals surface area contributed by atoms with E-state index >= 15 is 0 Å². The van der Waals surface area contributed by atoms with Crippen LogP contribution in [-0.2, 0) is 5.41 Å². The summed E-state index contributed by atoms with van der Waals surface area (Å²) in [4.78, 5) is 8.76. The highest BCUT2D eigenvalue weighted by Crippen LogP contribution is 2.44. The number of halogens is 1. The maximum absolute atomic E-state index is 5.63. The average molecular weight is 256 g/mol. The van der Waals surface area contributed by atoms with E-state index in [1.807, 2.05) is 12.4 Å². The van der Waals surface area contributed by atoms with Crippen molar-refractivity contribution in [3.63, 3.8) is 0 Å². The minimum Gasteiger partial charge on any atom is -0.330 e. The maximum Gasteiger partial charge on any atom is 0.134 e. The van der Waals surface area contributed by atoms with E-state index in [1.165, 1.54) is 19.3 Å². The lowest BCUT2D eigenvalue weighted by Gasteiger charge is -2.40. The SMILES string of the molecule is NCCC1(c2ncc(Br)cn2)CCC1. The molecular formula is C10H14BrN3. The second-order valence-electron chi connectivity index (χ2n) is 3.90. The van der Waals surface area contributed by atoms with E-state index in [-0.39, 0.29) is 5.41 Å². The summed E-state index contributed by atoms with van der Waals surface area (Å²) in [6.45, 7) is 0.722. The highest BCUT2D eigenvalue weighted by molar-refractivity contribution is 9.10. The second-order valence-corrected chi connectivity index (χ2v) is 4.81. The van der Waals surface area contributed by atoms with Crippen molar-refractivity contribution in [3.8, 4) is 0 Å². The molecule has 3 nitrogen and oxygen atoms in total. The first-order valence-electron chi connectivity index (χ1n) is 4.95. The lowest BCUT2D eigenvalue weighted by atomic mass is 9.66. The molecule has 1 aromatic heterocycles. The first-order chi connectivity index (χ1) is 6.77. The van der Waals surface area contributed by atoms with Crippen molar-refractivity contribution in [3.05, 3.63) is 22.7 Å². The van der Waals surface area contributed by atoms with Crippen molar-refractivity contribution < 1.29 is 0 Å². The molecule has 0 radical (unpaired) electrons.